The molecule has 0 aromatic rings. The monoisotopic (exact) mass is 514 g/mol. The molecule has 0 aromatic heterocycles. The Hall–Kier alpha value is -1.15. The molecule has 4 unspecified atom stereocenters. The molecular weight excluding hydrogens is 499 g/mol. The van der Waals surface area contributed by atoms with Crippen molar-refractivity contribution < 1.29 is 85.8 Å². The van der Waals surface area contributed by atoms with Crippen molar-refractivity contribution in [2.24, 2.45) is 0 Å². The largest absolute Gasteiger partial charge is 0.445 e. The third-order valence-electron chi connectivity index (χ3n) is 2.69. The number of ether oxygens (including phenoxy) is 4. The lowest BCUT2D eigenvalue weighted by molar-refractivity contribution is -0.512. The van der Waals surface area contributed by atoms with Crippen LogP contribution in [0.5, 0.6) is 0 Å². The van der Waals surface area contributed by atoms with Gasteiger partial charge in [-0.1, -0.05) is 0 Å². The number of halogens is 13. The Morgan fingerprint density at radius 1 is 0.844 bits per heavy atom. The maximum Gasteiger partial charge on any atom is 0.445 e. The number of hydrogen-bond acceptors (Lipinski definition) is 6. The molecule has 0 spiro atoms. The number of hydrogen-bond donors (Lipinski definition) is 0. The van der Waals surface area contributed by atoms with Gasteiger partial charge in [-0.05, 0) is 6.92 Å². The Labute approximate surface area is 170 Å². The van der Waals surface area contributed by atoms with Crippen molar-refractivity contribution >= 4 is 0 Å². The molecule has 0 saturated heterocycles. The highest BCUT2D eigenvalue weighted by atomic mass is 19.4. The summed E-state index contributed by atoms with van der Waals surface area (Å²) >= 11 is 0. The second-order valence-electron chi connectivity index (χ2n) is 5.41. The van der Waals surface area contributed by atoms with Gasteiger partial charge in [0.2, 0.25) is 0 Å². The smallest absolute Gasteiger partial charge is 0.350 e. The van der Waals surface area contributed by atoms with Gasteiger partial charge in [0.15, 0.2) is 13.0 Å². The van der Waals surface area contributed by atoms with Crippen molar-refractivity contribution in [1.29, 1.82) is 0 Å². The van der Waals surface area contributed by atoms with E-state index in [4.69, 9.17) is 0 Å². The van der Waals surface area contributed by atoms with E-state index in [0.717, 1.165) is 6.92 Å². The van der Waals surface area contributed by atoms with E-state index in [9.17, 15) is 57.1 Å². The van der Waals surface area contributed by atoms with Crippen LogP contribution in [0.15, 0.2) is 0 Å². The lowest BCUT2D eigenvalue weighted by Gasteiger charge is -2.37. The maximum atomic E-state index is 13.4. The standard InChI is InChI=1S/C13H15F13O6/c1-2-27-6(31-32-11(22,23)4-14)3-12(28-5-10(19,20)21,29-8(17)7(15)16)30-9(18)13(24,25)26/h6-9H,2-5H2,1H3. The molecule has 0 amide bonds. The fourth-order valence-corrected chi connectivity index (χ4v) is 1.55. The molecule has 4 atom stereocenters. The van der Waals surface area contributed by atoms with Crippen molar-refractivity contribution in [3.8, 4) is 0 Å². The molecule has 0 rings (SSSR count). The van der Waals surface area contributed by atoms with Crippen LogP contribution < -0.4 is 0 Å². The summed E-state index contributed by atoms with van der Waals surface area (Å²) in [7, 11) is 0. The zero-order valence-electron chi connectivity index (χ0n) is 15.5. The Morgan fingerprint density at radius 3 is 1.81 bits per heavy atom. The summed E-state index contributed by atoms with van der Waals surface area (Å²) in [4.78, 5) is 7.02. The molecular formula is C13H15F13O6. The Balaban J connectivity index is 6.07. The highest BCUT2D eigenvalue weighted by Crippen LogP contribution is 2.36. The third-order valence-corrected chi connectivity index (χ3v) is 2.69. The molecule has 6 nitrogen and oxygen atoms in total. The fraction of sp³-hybridized carbons (Fsp3) is 1.00. The van der Waals surface area contributed by atoms with Crippen molar-refractivity contribution in [1.82, 2.24) is 0 Å². The first-order valence-corrected chi connectivity index (χ1v) is 7.95. The van der Waals surface area contributed by atoms with E-state index in [-0.39, 0.29) is 0 Å². The van der Waals surface area contributed by atoms with Crippen LogP contribution in [0.2, 0.25) is 0 Å². The quantitative estimate of drug-likeness (QED) is 0.134. The van der Waals surface area contributed by atoms with E-state index in [1.807, 2.05) is 0 Å². The second-order valence-corrected chi connectivity index (χ2v) is 5.41. The molecule has 0 aliphatic rings. The first-order valence-electron chi connectivity index (χ1n) is 7.95. The first kappa shape index (κ1) is 30.8. The molecule has 0 saturated carbocycles. The van der Waals surface area contributed by atoms with Gasteiger partial charge in [-0.3, -0.25) is 9.47 Å². The molecule has 0 aromatic carbocycles. The normalized spacial score (nSPS) is 18.5. The highest BCUT2D eigenvalue weighted by Gasteiger charge is 2.53. The molecule has 32 heavy (non-hydrogen) atoms. The van der Waals surface area contributed by atoms with E-state index in [1.54, 1.807) is 0 Å². The van der Waals surface area contributed by atoms with Gasteiger partial charge in [0.05, 0.1) is 6.42 Å². The van der Waals surface area contributed by atoms with E-state index in [2.05, 4.69) is 28.7 Å². The average molecular weight is 514 g/mol. The van der Waals surface area contributed by atoms with Gasteiger partial charge in [0.25, 0.3) is 25.1 Å². The van der Waals surface area contributed by atoms with Gasteiger partial charge >= 0.3 is 18.5 Å². The van der Waals surface area contributed by atoms with Crippen LogP contribution in [0, 0.1) is 0 Å². The van der Waals surface area contributed by atoms with Gasteiger partial charge < -0.3 is 9.47 Å². The first-order chi connectivity index (χ1) is 14.4. The zero-order valence-corrected chi connectivity index (χ0v) is 15.5. The maximum absolute atomic E-state index is 13.4. The van der Waals surface area contributed by atoms with Crippen LogP contribution in [0.25, 0.3) is 0 Å². The predicted octanol–water partition coefficient (Wildman–Crippen LogP) is 4.93. The number of alkyl halides is 13. The minimum Gasteiger partial charge on any atom is -0.350 e. The molecule has 0 heterocycles. The molecule has 19 heteroatoms. The Morgan fingerprint density at radius 2 is 1.41 bits per heavy atom. The third kappa shape index (κ3) is 12.2. The average Bonchev–Trinajstić information content (AvgIpc) is 2.63. The van der Waals surface area contributed by atoms with Crippen molar-refractivity contribution in [3.63, 3.8) is 0 Å². The zero-order chi connectivity index (χ0) is 25.4. The molecule has 0 N–H and O–H groups in total. The molecule has 0 aliphatic carbocycles. The number of rotatable bonds is 15. The summed E-state index contributed by atoms with van der Waals surface area (Å²) in [6, 6.07) is 0. The predicted molar refractivity (Wildman–Crippen MR) is 71.9 cm³/mol. The molecule has 0 bridgehead atoms. The van der Waals surface area contributed by atoms with Crippen LogP contribution in [-0.4, -0.2) is 69.8 Å². The van der Waals surface area contributed by atoms with Gasteiger partial charge in [0.1, 0.15) is 6.61 Å². The Kier molecular flexibility index (Phi) is 11.9. The van der Waals surface area contributed by atoms with Gasteiger partial charge in [-0.2, -0.15) is 44.9 Å². The van der Waals surface area contributed by atoms with Crippen LogP contribution in [-0.2, 0) is 28.7 Å². The molecule has 0 radical (unpaired) electrons. The van der Waals surface area contributed by atoms with E-state index in [1.165, 1.54) is 0 Å². The van der Waals surface area contributed by atoms with Crippen molar-refractivity contribution in [3.05, 3.63) is 0 Å². The Bertz CT molecular complexity index is 531. The van der Waals surface area contributed by atoms with E-state index >= 15 is 0 Å². The molecule has 0 aliphatic heterocycles. The van der Waals surface area contributed by atoms with Crippen molar-refractivity contribution in [2.75, 3.05) is 19.9 Å². The van der Waals surface area contributed by atoms with Crippen LogP contribution in [0.4, 0.5) is 57.1 Å². The SMILES string of the molecule is CCOC(CC(OCC(F)(F)F)(OC(F)C(F)F)OC(F)C(F)(F)F)OOC(F)(F)CF. The van der Waals surface area contributed by atoms with Crippen LogP contribution in [0.1, 0.15) is 13.3 Å². The summed E-state index contributed by atoms with van der Waals surface area (Å²) in [6.07, 6.45) is -33.9. The summed E-state index contributed by atoms with van der Waals surface area (Å²) in [5.74, 6) is -4.35. The van der Waals surface area contributed by atoms with Crippen molar-refractivity contribution in [2.45, 2.75) is 63.2 Å². The van der Waals surface area contributed by atoms with E-state index < -0.39 is 76.2 Å². The van der Waals surface area contributed by atoms with Crippen LogP contribution in [0.3, 0.4) is 0 Å². The minimum atomic E-state index is -6.04. The highest BCUT2D eigenvalue weighted by molar-refractivity contribution is 4.69. The lowest BCUT2D eigenvalue weighted by Crippen LogP contribution is -2.51. The van der Waals surface area contributed by atoms with Gasteiger partial charge in [-0.15, -0.1) is 0 Å². The van der Waals surface area contributed by atoms with Crippen LogP contribution >= 0.6 is 0 Å². The summed E-state index contributed by atoms with van der Waals surface area (Å²) in [6.45, 7) is -4.87. The summed E-state index contributed by atoms with van der Waals surface area (Å²) in [5, 5.41) is 0. The topological polar surface area (TPSA) is 55.4 Å². The van der Waals surface area contributed by atoms with Gasteiger partial charge in [-0.25, -0.2) is 22.0 Å². The van der Waals surface area contributed by atoms with Gasteiger partial charge in [0, 0.05) is 6.61 Å². The summed E-state index contributed by atoms with van der Waals surface area (Å²) < 4.78 is 179. The summed E-state index contributed by atoms with van der Waals surface area (Å²) in [5.41, 5.74) is 0. The lowest BCUT2D eigenvalue weighted by atomic mass is 10.3. The molecule has 0 fully saturated rings. The fourth-order valence-electron chi connectivity index (χ4n) is 1.55. The van der Waals surface area contributed by atoms with E-state index in [0.29, 0.717) is 0 Å². The molecule has 194 valence electrons. The second kappa shape index (κ2) is 12.4. The minimum absolute atomic E-state index is 0.656.